The van der Waals surface area contributed by atoms with Gasteiger partial charge >= 0.3 is 0 Å². The first-order valence-corrected chi connectivity index (χ1v) is 9.10. The van der Waals surface area contributed by atoms with Crippen molar-refractivity contribution in [3.05, 3.63) is 29.8 Å². The molecule has 7 heteroatoms. The van der Waals surface area contributed by atoms with Gasteiger partial charge in [0.15, 0.2) is 0 Å². The van der Waals surface area contributed by atoms with Gasteiger partial charge in [0.05, 0.1) is 12.1 Å². The largest absolute Gasteiger partial charge is 0.376 e. The van der Waals surface area contributed by atoms with Crippen LogP contribution < -0.4 is 16.4 Å². The molecule has 0 aromatic heterocycles. The van der Waals surface area contributed by atoms with Gasteiger partial charge in [-0.3, -0.25) is 14.4 Å². The summed E-state index contributed by atoms with van der Waals surface area (Å²) in [6.45, 7) is 4.48. The number of carbonyl (C=O) groups is 3. The smallest absolute Gasteiger partial charge is 0.253 e. The van der Waals surface area contributed by atoms with Crippen molar-refractivity contribution in [1.82, 2.24) is 10.2 Å². The maximum absolute atomic E-state index is 12.6. The van der Waals surface area contributed by atoms with Crippen molar-refractivity contribution in [1.29, 1.82) is 0 Å². The predicted octanol–water partition coefficient (Wildman–Crippen LogP) is 1.49. The molecule has 1 saturated heterocycles. The van der Waals surface area contributed by atoms with Crippen molar-refractivity contribution in [2.45, 2.75) is 51.6 Å². The van der Waals surface area contributed by atoms with Crippen LogP contribution >= 0.6 is 0 Å². The highest BCUT2D eigenvalue weighted by Crippen LogP contribution is 2.23. The number of nitrogens with one attached hydrogen (secondary N) is 2. The van der Waals surface area contributed by atoms with Crippen molar-refractivity contribution >= 4 is 23.4 Å². The first-order chi connectivity index (χ1) is 12.4. The number of hydrogen-bond donors (Lipinski definition) is 3. The highest BCUT2D eigenvalue weighted by atomic mass is 16.2. The number of nitrogens with two attached hydrogens (primary N) is 1. The zero-order valence-electron chi connectivity index (χ0n) is 15.5. The highest BCUT2D eigenvalue weighted by Gasteiger charge is 2.28. The average Bonchev–Trinajstić information content (AvgIpc) is 2.59. The fraction of sp³-hybridized carbons (Fsp3) is 0.526. The van der Waals surface area contributed by atoms with Crippen LogP contribution in [0.4, 0.5) is 5.69 Å². The van der Waals surface area contributed by atoms with Gasteiger partial charge in [0, 0.05) is 30.7 Å². The van der Waals surface area contributed by atoms with Crippen LogP contribution in [0.5, 0.6) is 0 Å². The number of hydrogen-bond acceptors (Lipinski definition) is 4. The second kappa shape index (κ2) is 9.22. The van der Waals surface area contributed by atoms with Crippen LogP contribution in [-0.2, 0) is 9.59 Å². The van der Waals surface area contributed by atoms with Crippen LogP contribution in [0.15, 0.2) is 24.3 Å². The molecule has 142 valence electrons. The number of amides is 3. The number of piperidine rings is 1. The molecule has 2 atom stereocenters. The Morgan fingerprint density at radius 2 is 1.81 bits per heavy atom. The van der Waals surface area contributed by atoms with Crippen LogP contribution in [0.3, 0.4) is 0 Å². The summed E-state index contributed by atoms with van der Waals surface area (Å²) < 4.78 is 0. The molecule has 1 fully saturated rings. The lowest BCUT2D eigenvalue weighted by atomic mass is 9.97. The summed E-state index contributed by atoms with van der Waals surface area (Å²) in [6, 6.07) is 7.47. The molecule has 26 heavy (non-hydrogen) atoms. The molecule has 2 unspecified atom stereocenters. The summed E-state index contributed by atoms with van der Waals surface area (Å²) in [5, 5.41) is 5.75. The molecule has 4 N–H and O–H groups in total. The van der Waals surface area contributed by atoms with Crippen molar-refractivity contribution in [3.63, 3.8) is 0 Å². The number of likely N-dealkylation sites (tertiary alicyclic amines) is 1. The lowest BCUT2D eigenvalue weighted by Crippen LogP contribution is -2.49. The summed E-state index contributed by atoms with van der Waals surface area (Å²) in [6.07, 6.45) is 3.28. The molecule has 1 aliphatic heterocycles. The molecular formula is C19H28N4O3. The molecule has 1 aromatic rings. The minimum atomic E-state index is -0.466. The number of anilines is 1. The first-order valence-electron chi connectivity index (χ1n) is 9.10. The summed E-state index contributed by atoms with van der Waals surface area (Å²) >= 11 is 0. The molecule has 0 bridgehead atoms. The van der Waals surface area contributed by atoms with E-state index >= 15 is 0 Å². The quantitative estimate of drug-likeness (QED) is 0.685. The van der Waals surface area contributed by atoms with E-state index in [0.29, 0.717) is 11.3 Å². The maximum Gasteiger partial charge on any atom is 0.253 e. The fourth-order valence-electron chi connectivity index (χ4n) is 3.40. The third kappa shape index (κ3) is 5.21. The summed E-state index contributed by atoms with van der Waals surface area (Å²) in [7, 11) is 0. The van der Waals surface area contributed by atoms with E-state index in [-0.39, 0.29) is 43.4 Å². The molecule has 3 amide bonds. The van der Waals surface area contributed by atoms with Gasteiger partial charge < -0.3 is 21.3 Å². The first kappa shape index (κ1) is 19.8. The Balaban J connectivity index is 1.98. The molecule has 0 aliphatic carbocycles. The zero-order valence-corrected chi connectivity index (χ0v) is 15.5. The second-order valence-electron chi connectivity index (χ2n) is 6.80. The van der Waals surface area contributed by atoms with Gasteiger partial charge in [-0.05, 0) is 45.2 Å². The van der Waals surface area contributed by atoms with E-state index in [4.69, 9.17) is 5.73 Å². The summed E-state index contributed by atoms with van der Waals surface area (Å²) in [5.41, 5.74) is 6.10. The SMILES string of the molecule is CC1CCCC(C)N1C(=O)CNc1ccccc1C(=O)NCCC(N)=O. The van der Waals surface area contributed by atoms with Crippen LogP contribution in [0.1, 0.15) is 49.9 Å². The summed E-state index contributed by atoms with van der Waals surface area (Å²) in [5.74, 6) is -0.734. The fourth-order valence-corrected chi connectivity index (χ4v) is 3.40. The molecule has 7 nitrogen and oxygen atoms in total. The average molecular weight is 360 g/mol. The Labute approximate surface area is 154 Å². The maximum atomic E-state index is 12.6. The standard InChI is InChI=1S/C19H28N4O3/c1-13-6-5-7-14(2)23(13)18(25)12-22-16-9-4-3-8-15(16)19(26)21-11-10-17(20)24/h3-4,8-9,13-14,22H,5-7,10-12H2,1-2H3,(H2,20,24)(H,21,26). The second-order valence-corrected chi connectivity index (χ2v) is 6.80. The molecule has 2 rings (SSSR count). The van der Waals surface area contributed by atoms with Crippen LogP contribution in [0.25, 0.3) is 0 Å². The van der Waals surface area contributed by atoms with Gasteiger partial charge in [0.25, 0.3) is 5.91 Å². The molecule has 1 aromatic carbocycles. The minimum Gasteiger partial charge on any atom is -0.376 e. The lowest BCUT2D eigenvalue weighted by molar-refractivity contribution is -0.135. The minimum absolute atomic E-state index is 0.0358. The molecule has 1 aliphatic rings. The number of nitrogens with zero attached hydrogens (tertiary/aromatic N) is 1. The summed E-state index contributed by atoms with van der Waals surface area (Å²) in [4.78, 5) is 37.6. The number of primary amides is 1. The third-order valence-electron chi connectivity index (χ3n) is 4.74. The third-order valence-corrected chi connectivity index (χ3v) is 4.74. The van der Waals surface area contributed by atoms with E-state index in [1.54, 1.807) is 24.3 Å². The molecular weight excluding hydrogens is 332 g/mol. The predicted molar refractivity (Wildman–Crippen MR) is 101 cm³/mol. The van der Waals surface area contributed by atoms with Crippen LogP contribution in [-0.4, -0.2) is 47.8 Å². The molecule has 0 radical (unpaired) electrons. The number of rotatable bonds is 7. The van der Waals surface area contributed by atoms with Gasteiger partial charge in [0.2, 0.25) is 11.8 Å². The Morgan fingerprint density at radius 3 is 2.46 bits per heavy atom. The normalized spacial score (nSPS) is 19.7. The van der Waals surface area contributed by atoms with Crippen LogP contribution in [0, 0.1) is 0 Å². The molecule has 0 saturated carbocycles. The zero-order chi connectivity index (χ0) is 19.1. The monoisotopic (exact) mass is 360 g/mol. The van der Waals surface area contributed by atoms with Gasteiger partial charge in [-0.15, -0.1) is 0 Å². The van der Waals surface area contributed by atoms with E-state index in [2.05, 4.69) is 24.5 Å². The van der Waals surface area contributed by atoms with Gasteiger partial charge in [-0.25, -0.2) is 0 Å². The van der Waals surface area contributed by atoms with E-state index < -0.39 is 5.91 Å². The Bertz CT molecular complexity index is 652. The van der Waals surface area contributed by atoms with E-state index in [0.717, 1.165) is 19.3 Å². The van der Waals surface area contributed by atoms with Gasteiger partial charge in [-0.1, -0.05) is 12.1 Å². The molecule has 0 spiro atoms. The number of para-hydroxylation sites is 1. The Kier molecular flexibility index (Phi) is 7.00. The topological polar surface area (TPSA) is 105 Å². The van der Waals surface area contributed by atoms with Gasteiger partial charge in [-0.2, -0.15) is 0 Å². The van der Waals surface area contributed by atoms with E-state index in [9.17, 15) is 14.4 Å². The van der Waals surface area contributed by atoms with Crippen molar-refractivity contribution in [2.24, 2.45) is 5.73 Å². The van der Waals surface area contributed by atoms with E-state index in [1.165, 1.54) is 0 Å². The number of carbonyl (C=O) groups excluding carboxylic acids is 3. The highest BCUT2D eigenvalue weighted by molar-refractivity contribution is 6.00. The van der Waals surface area contributed by atoms with E-state index in [1.807, 2.05) is 4.90 Å². The van der Waals surface area contributed by atoms with Crippen molar-refractivity contribution in [3.8, 4) is 0 Å². The Morgan fingerprint density at radius 1 is 1.15 bits per heavy atom. The van der Waals surface area contributed by atoms with Crippen LogP contribution in [0.2, 0.25) is 0 Å². The van der Waals surface area contributed by atoms with Gasteiger partial charge in [0.1, 0.15) is 0 Å². The van der Waals surface area contributed by atoms with Crippen molar-refractivity contribution in [2.75, 3.05) is 18.4 Å². The molecule has 1 heterocycles. The van der Waals surface area contributed by atoms with Crippen molar-refractivity contribution < 1.29 is 14.4 Å². The Hall–Kier alpha value is -2.57. The lowest BCUT2D eigenvalue weighted by Gasteiger charge is -2.39. The number of benzene rings is 1.